The maximum absolute atomic E-state index is 12.1. The number of rotatable bonds is 18. The van der Waals surface area contributed by atoms with Gasteiger partial charge in [0.1, 0.15) is 146 Å². The van der Waals surface area contributed by atoms with E-state index in [1.165, 1.54) is 6.92 Å². The first kappa shape index (κ1) is 77.7. The van der Waals surface area contributed by atoms with Crippen molar-refractivity contribution in [3.8, 4) is 0 Å². The molecule has 19 N–H and O–H groups in total. The van der Waals surface area contributed by atoms with Gasteiger partial charge in [0.25, 0.3) is 0 Å². The average Bonchev–Trinajstić information content (AvgIpc) is 1.56. The van der Waals surface area contributed by atoms with Gasteiger partial charge in [-0.05, 0) is 105 Å². The molecule has 45 atom stereocenters. The minimum absolute atomic E-state index is 0.116. The molecule has 101 heavy (non-hydrogen) atoms. The van der Waals surface area contributed by atoms with Crippen LogP contribution in [0.4, 0.5) is 0 Å². The zero-order valence-corrected chi connectivity index (χ0v) is 57.1. The Balaban J connectivity index is 0.650. The summed E-state index contributed by atoms with van der Waals surface area (Å²) in [7, 11) is 0. The zero-order valence-electron chi connectivity index (χ0n) is 57.1. The highest BCUT2D eigenvalue weighted by atomic mass is 16.8. The van der Waals surface area contributed by atoms with Crippen molar-refractivity contribution >= 4 is 0 Å². The monoisotopic (exact) mass is 1460 g/mol. The Bertz CT molecular complexity index is 2710. The van der Waals surface area contributed by atoms with Gasteiger partial charge in [-0.1, -0.05) is 27.7 Å². The highest BCUT2D eigenvalue weighted by Crippen LogP contribution is 2.71. The van der Waals surface area contributed by atoms with Crippen molar-refractivity contribution in [3.05, 3.63) is 0 Å². The summed E-state index contributed by atoms with van der Waals surface area (Å²) in [6.07, 6.45) is -52.2. The minimum Gasteiger partial charge on any atom is -0.394 e. The van der Waals surface area contributed by atoms with Crippen LogP contribution in [0.3, 0.4) is 0 Å². The highest BCUT2D eigenvalue weighted by Gasteiger charge is 2.70. The van der Waals surface area contributed by atoms with Crippen LogP contribution in [0, 0.1) is 52.3 Å². The smallest absolute Gasteiger partial charge is 0.187 e. The maximum atomic E-state index is 12.1. The Labute approximate surface area is 582 Å². The average molecular weight is 1460 g/mol. The van der Waals surface area contributed by atoms with E-state index in [4.69, 9.17) is 75.8 Å². The summed E-state index contributed by atoms with van der Waals surface area (Å²) < 4.78 is 96.2. The Hall–Kier alpha value is -1.40. The van der Waals surface area contributed by atoms with Gasteiger partial charge in [-0.25, -0.2) is 0 Å². The first-order valence-corrected chi connectivity index (χ1v) is 36.0. The maximum Gasteiger partial charge on any atom is 0.187 e. The molecule has 13 aliphatic rings. The fraction of sp³-hybridized carbons (Fsp3) is 1.00. The third-order valence-electron chi connectivity index (χ3n) is 25.6. The largest absolute Gasteiger partial charge is 0.394 e. The van der Waals surface area contributed by atoms with Gasteiger partial charge < -0.3 is 173 Å². The topological polar surface area (TPSA) is 532 Å². The summed E-state index contributed by atoms with van der Waals surface area (Å²) in [5.41, 5.74) is -0.0673. The van der Waals surface area contributed by atoms with E-state index >= 15 is 0 Å². The zero-order chi connectivity index (χ0) is 72.4. The second kappa shape index (κ2) is 30.8. The molecule has 1 spiro atoms. The van der Waals surface area contributed by atoms with Crippen LogP contribution in [-0.2, 0) is 75.8 Å². The molecule has 582 valence electrons. The molecule has 0 aromatic rings. The molecular weight excluding hydrogens is 1350 g/mol. The number of aliphatic hydroxyl groups is 19. The van der Waals surface area contributed by atoms with Crippen molar-refractivity contribution in [2.24, 2.45) is 52.3 Å². The Morgan fingerprint density at radius 2 is 1.00 bits per heavy atom. The van der Waals surface area contributed by atoms with Crippen LogP contribution in [-0.4, -0.2) is 364 Å². The summed E-state index contributed by atoms with van der Waals surface area (Å²) in [4.78, 5) is 0. The van der Waals surface area contributed by atoms with Crippen LogP contribution < -0.4 is 0 Å². The van der Waals surface area contributed by atoms with Crippen LogP contribution >= 0.6 is 0 Å². The van der Waals surface area contributed by atoms with E-state index in [0.29, 0.717) is 48.3 Å². The van der Waals surface area contributed by atoms with Gasteiger partial charge in [-0.2, -0.15) is 0 Å². The summed E-state index contributed by atoms with van der Waals surface area (Å²) >= 11 is 0. The van der Waals surface area contributed by atoms with Crippen molar-refractivity contribution in [1.29, 1.82) is 0 Å². The number of aliphatic hydroxyl groups excluding tert-OH is 19. The molecule has 13 rings (SSSR count). The lowest BCUT2D eigenvalue weighted by atomic mass is 9.44. The molecule has 13 fully saturated rings. The molecule has 35 heteroatoms. The molecule has 4 aliphatic carbocycles. The summed E-state index contributed by atoms with van der Waals surface area (Å²) in [5.74, 6) is 2.27. The second-order valence-corrected chi connectivity index (χ2v) is 31.5. The Morgan fingerprint density at radius 3 is 1.69 bits per heavy atom. The number of fused-ring (bicyclic) bond motifs is 7. The third kappa shape index (κ3) is 14.2. The SMILES string of the molecule is C[C@H]1CC[C@@]2(OC1)O[C@H]1C[C@H]3[C@@H]4CC[C@H]5C[C@@H](O[C@@H]6[C@@H](O)[C@H](OC[C@H]7O[C@@H](O[C@@H]8[C@@H](O)[C@H](O[C@H]9[C@H](O)[C@@H](CO)O[C@@H](O[C@@H]%10[C@H](O)[C@@H](O[C@@H]%11O[C@@H](C)[C@H](O)[C@@H](O)[C@H]%11O)[C@H](O)O[C@@H]%10CO)[C@@H]9O[C@@H]9OC[C@H](O)[C@H](O)[C@H]9O)OC[C@H]8O)[C@H](O)[C@@H](O)[C@@H]7O)O[C@H]6CO)[C@H](O)C[C@]5(C)[C@H]4CC[C@]3(C)[C@H]1[C@@H]2C. The summed E-state index contributed by atoms with van der Waals surface area (Å²) in [5, 5.41) is 211. The van der Waals surface area contributed by atoms with E-state index in [0.717, 1.165) is 51.6 Å². The molecule has 9 aliphatic heterocycles. The molecule has 0 aromatic carbocycles. The first-order valence-electron chi connectivity index (χ1n) is 36.0. The molecule has 0 radical (unpaired) electrons. The van der Waals surface area contributed by atoms with Crippen LogP contribution in [0.15, 0.2) is 0 Å². The molecule has 0 unspecified atom stereocenters. The molecule has 9 saturated heterocycles. The van der Waals surface area contributed by atoms with E-state index in [9.17, 15) is 97.0 Å². The number of hydrogen-bond donors (Lipinski definition) is 19. The van der Waals surface area contributed by atoms with E-state index in [1.54, 1.807) is 0 Å². The first-order chi connectivity index (χ1) is 47.9. The van der Waals surface area contributed by atoms with Crippen LogP contribution in [0.1, 0.15) is 92.4 Å². The lowest BCUT2D eigenvalue weighted by molar-refractivity contribution is -0.407. The summed E-state index contributed by atoms with van der Waals surface area (Å²) in [6.45, 7) is 6.67. The third-order valence-corrected chi connectivity index (χ3v) is 25.6. The normalized spacial score (nSPS) is 57.6. The quantitative estimate of drug-likeness (QED) is 0.0606. The molecular formula is C66H108O35. The highest BCUT2D eigenvalue weighted by molar-refractivity contribution is 5.16. The molecule has 4 saturated carbocycles. The van der Waals surface area contributed by atoms with Crippen molar-refractivity contribution in [3.63, 3.8) is 0 Å². The lowest BCUT2D eigenvalue weighted by Crippen LogP contribution is -2.68. The number of ether oxygens (including phenoxy) is 16. The van der Waals surface area contributed by atoms with E-state index < -0.39 is 254 Å². The van der Waals surface area contributed by atoms with E-state index in [2.05, 4.69) is 27.7 Å². The predicted octanol–water partition coefficient (Wildman–Crippen LogP) is -7.52. The van der Waals surface area contributed by atoms with Crippen molar-refractivity contribution in [2.75, 3.05) is 46.2 Å². The van der Waals surface area contributed by atoms with Crippen molar-refractivity contribution in [1.82, 2.24) is 0 Å². The Morgan fingerprint density at radius 1 is 0.416 bits per heavy atom. The molecule has 0 aromatic heterocycles. The van der Waals surface area contributed by atoms with Gasteiger partial charge in [0.05, 0.1) is 70.7 Å². The Kier molecular flexibility index (Phi) is 23.7. The fourth-order valence-corrected chi connectivity index (χ4v) is 19.8. The van der Waals surface area contributed by atoms with Gasteiger partial charge in [0, 0.05) is 12.3 Å². The van der Waals surface area contributed by atoms with Crippen molar-refractivity contribution < 1.29 is 173 Å². The standard InChI is InChI=1S/C66H108O35/c1-22-8-11-66(89-18-22)23(2)38-33(101-66)13-28-26-7-6-25-12-32(29(70)14-65(25,5)27(26)9-10-64(28,38)4)91-53-36(17-69)94-59(50(53)84)88-21-37-41(75)44(78)47(81)62(95-37)96-51-31(72)20-87-60(49(51)83)98-54-42(76)34(15-67)93-63(56(54)100-58-45(79)40(74)30(71)19-86-58)97-52-35(16-68)92-57(85)55(48(52)82)99-61-46(80)43(77)39(73)24(3)90-61/h22-63,67-85H,6-21H2,1-5H3/t22-,23-,24-,25-,26+,27-,28-,29+,30-,31+,32+,33-,34+,35+,36-,37+,38-,39-,40-,41+,42+,43+,44-,45+,46+,47+,48-,49+,50+,51-,52-,53-,54-,55+,56+,57+,58-,59+,60-,61-,62-,63-,64-,65-,66+/m0/s1. The second-order valence-electron chi connectivity index (χ2n) is 31.5. The van der Waals surface area contributed by atoms with Gasteiger partial charge in [-0.3, -0.25) is 0 Å². The van der Waals surface area contributed by atoms with Gasteiger partial charge in [0.2, 0.25) is 0 Å². The molecule has 0 bridgehead atoms. The van der Waals surface area contributed by atoms with Crippen molar-refractivity contribution in [2.45, 2.75) is 313 Å². The predicted molar refractivity (Wildman–Crippen MR) is 328 cm³/mol. The molecule has 9 heterocycles. The van der Waals surface area contributed by atoms with Crippen LogP contribution in [0.5, 0.6) is 0 Å². The van der Waals surface area contributed by atoms with Gasteiger partial charge >= 0.3 is 0 Å². The lowest BCUT2D eigenvalue weighted by Gasteiger charge is -2.62. The fourth-order valence-electron chi connectivity index (χ4n) is 19.8. The van der Waals surface area contributed by atoms with Gasteiger partial charge in [-0.15, -0.1) is 0 Å². The number of hydrogen-bond acceptors (Lipinski definition) is 35. The van der Waals surface area contributed by atoms with E-state index in [1.807, 2.05) is 0 Å². The molecule has 35 nitrogen and oxygen atoms in total. The van der Waals surface area contributed by atoms with Crippen LogP contribution in [0.25, 0.3) is 0 Å². The molecule has 0 amide bonds. The minimum atomic E-state index is -2.19. The van der Waals surface area contributed by atoms with Gasteiger partial charge in [0.15, 0.2) is 49.8 Å². The van der Waals surface area contributed by atoms with Crippen LogP contribution in [0.2, 0.25) is 0 Å². The summed E-state index contributed by atoms with van der Waals surface area (Å²) in [6, 6.07) is 0. The van der Waals surface area contributed by atoms with E-state index in [-0.39, 0.29) is 22.9 Å².